The van der Waals surface area contributed by atoms with Crippen LogP contribution in [0, 0.1) is 0 Å². The third kappa shape index (κ3) is 5.53. The van der Waals surface area contributed by atoms with Crippen molar-refractivity contribution in [2.75, 3.05) is 25.4 Å². The van der Waals surface area contributed by atoms with E-state index in [-0.39, 0.29) is 27.8 Å². The lowest BCUT2D eigenvalue weighted by Gasteiger charge is -2.31. The molecule has 1 aliphatic heterocycles. The minimum absolute atomic E-state index is 0.0755. The van der Waals surface area contributed by atoms with Gasteiger partial charge in [-0.05, 0) is 25.5 Å². The number of amides is 1. The van der Waals surface area contributed by atoms with Gasteiger partial charge in [-0.15, -0.1) is 0 Å². The number of pyridine rings is 1. The van der Waals surface area contributed by atoms with Crippen LogP contribution >= 0.6 is 23.4 Å². The Balaban J connectivity index is 1.82. The number of likely N-dealkylation sites (tertiary alicyclic amines) is 1. The van der Waals surface area contributed by atoms with E-state index in [1.165, 1.54) is 0 Å². The van der Waals surface area contributed by atoms with Crippen LogP contribution < -0.4 is 5.32 Å². The van der Waals surface area contributed by atoms with Crippen molar-refractivity contribution in [3.8, 4) is 0 Å². The average Bonchev–Trinajstić information content (AvgIpc) is 2.53. The second-order valence-corrected chi connectivity index (χ2v) is 6.94. The molecule has 0 atom stereocenters. The largest absolute Gasteiger partial charge is 0.417 e. The lowest BCUT2D eigenvalue weighted by Crippen LogP contribution is -2.45. The van der Waals surface area contributed by atoms with Crippen LogP contribution in [0.15, 0.2) is 17.3 Å². The van der Waals surface area contributed by atoms with Crippen LogP contribution in [0.5, 0.6) is 0 Å². The van der Waals surface area contributed by atoms with Crippen LogP contribution in [0.3, 0.4) is 0 Å². The Kier molecular flexibility index (Phi) is 6.77. The molecule has 24 heavy (non-hydrogen) atoms. The quantitative estimate of drug-likeness (QED) is 0.793. The lowest BCUT2D eigenvalue weighted by atomic mass is 10.1. The first-order chi connectivity index (χ1) is 11.3. The summed E-state index contributed by atoms with van der Waals surface area (Å²) in [5.74, 6) is -0.0841. The zero-order valence-corrected chi connectivity index (χ0v) is 14.8. The maximum Gasteiger partial charge on any atom is 0.417 e. The zero-order chi connectivity index (χ0) is 17.7. The zero-order valence-electron chi connectivity index (χ0n) is 13.2. The molecule has 0 saturated carbocycles. The van der Waals surface area contributed by atoms with E-state index in [4.69, 9.17) is 11.6 Å². The summed E-state index contributed by atoms with van der Waals surface area (Å²) in [5.41, 5.74) is -0.899. The predicted molar refractivity (Wildman–Crippen MR) is 88.3 cm³/mol. The fraction of sp³-hybridized carbons (Fsp3) is 0.600. The number of nitrogens with one attached hydrogen (secondary N) is 1. The molecule has 1 N–H and O–H groups in total. The molecule has 0 unspecified atom stereocenters. The summed E-state index contributed by atoms with van der Waals surface area (Å²) in [4.78, 5) is 18.0. The summed E-state index contributed by atoms with van der Waals surface area (Å²) in [6.45, 7) is 5.03. The molecular formula is C15H19ClF3N3OS. The second kappa shape index (κ2) is 8.40. The van der Waals surface area contributed by atoms with Crippen LogP contribution in [0.25, 0.3) is 0 Å². The van der Waals surface area contributed by atoms with Crippen molar-refractivity contribution in [1.29, 1.82) is 0 Å². The van der Waals surface area contributed by atoms with E-state index >= 15 is 0 Å². The molecule has 1 aromatic rings. The lowest BCUT2D eigenvalue weighted by molar-refractivity contribution is -0.137. The van der Waals surface area contributed by atoms with Gasteiger partial charge in [-0.3, -0.25) is 4.79 Å². The van der Waals surface area contributed by atoms with Crippen molar-refractivity contribution < 1.29 is 18.0 Å². The molecule has 4 nitrogen and oxygen atoms in total. The molecule has 1 amide bonds. The Bertz CT molecular complexity index is 578. The number of hydrogen-bond donors (Lipinski definition) is 1. The number of aromatic nitrogens is 1. The first-order valence-corrected chi connectivity index (χ1v) is 9.03. The van der Waals surface area contributed by atoms with Crippen LogP contribution in [0.2, 0.25) is 5.02 Å². The molecule has 1 saturated heterocycles. The first kappa shape index (κ1) is 19.3. The maximum atomic E-state index is 12.6. The van der Waals surface area contributed by atoms with E-state index in [0.717, 1.165) is 56.5 Å². The van der Waals surface area contributed by atoms with Gasteiger partial charge in [0, 0.05) is 25.3 Å². The minimum atomic E-state index is -4.48. The van der Waals surface area contributed by atoms with Crippen LogP contribution in [0.4, 0.5) is 13.2 Å². The normalized spacial score (nSPS) is 17.0. The van der Waals surface area contributed by atoms with Crippen molar-refractivity contribution >= 4 is 29.3 Å². The maximum absolute atomic E-state index is 12.6. The van der Waals surface area contributed by atoms with Crippen molar-refractivity contribution in [1.82, 2.24) is 15.2 Å². The number of carbonyl (C=O) groups is 1. The molecule has 0 aromatic carbocycles. The third-order valence-electron chi connectivity index (χ3n) is 3.87. The fourth-order valence-corrected chi connectivity index (χ4v) is 3.49. The summed E-state index contributed by atoms with van der Waals surface area (Å²) in [5, 5.41) is 3.08. The molecular weight excluding hydrogens is 363 g/mol. The predicted octanol–water partition coefficient (Wildman–Crippen LogP) is 3.45. The number of halogens is 4. The van der Waals surface area contributed by atoms with Gasteiger partial charge in [-0.25, -0.2) is 4.98 Å². The molecule has 9 heteroatoms. The number of piperidine rings is 1. The van der Waals surface area contributed by atoms with Crippen LogP contribution in [-0.2, 0) is 11.0 Å². The Morgan fingerprint density at radius 3 is 2.67 bits per heavy atom. The summed E-state index contributed by atoms with van der Waals surface area (Å²) >= 11 is 6.86. The molecule has 1 fully saturated rings. The van der Waals surface area contributed by atoms with Gasteiger partial charge in [0.05, 0.1) is 16.3 Å². The van der Waals surface area contributed by atoms with Gasteiger partial charge in [0.1, 0.15) is 5.03 Å². The summed E-state index contributed by atoms with van der Waals surface area (Å²) < 4.78 is 37.7. The molecule has 0 bridgehead atoms. The van der Waals surface area contributed by atoms with Gasteiger partial charge in [-0.1, -0.05) is 30.3 Å². The van der Waals surface area contributed by atoms with Gasteiger partial charge in [-0.2, -0.15) is 13.2 Å². The summed E-state index contributed by atoms with van der Waals surface area (Å²) in [6.07, 6.45) is -1.94. The molecule has 1 aliphatic rings. The fourth-order valence-electron chi connectivity index (χ4n) is 2.48. The molecule has 0 spiro atoms. The Morgan fingerprint density at radius 2 is 2.12 bits per heavy atom. The van der Waals surface area contributed by atoms with Crippen molar-refractivity contribution in [2.24, 2.45) is 0 Å². The molecule has 2 rings (SSSR count). The summed E-state index contributed by atoms with van der Waals surface area (Å²) in [6, 6.07) is 0.979. The molecule has 134 valence electrons. The van der Waals surface area contributed by atoms with Crippen LogP contribution in [-0.4, -0.2) is 47.2 Å². The number of thioether (sulfide) groups is 1. The third-order valence-corrected chi connectivity index (χ3v) is 5.28. The number of rotatable bonds is 5. The van der Waals surface area contributed by atoms with Gasteiger partial charge >= 0.3 is 6.18 Å². The molecule has 0 radical (unpaired) electrons. The SMILES string of the molecule is CCN1CCC(NC(=O)CSc2ncc(C(F)(F)F)cc2Cl)CC1. The Labute approximate surface area is 148 Å². The second-order valence-electron chi connectivity index (χ2n) is 5.57. The summed E-state index contributed by atoms with van der Waals surface area (Å²) in [7, 11) is 0. The van der Waals surface area contributed by atoms with Gasteiger partial charge in [0.25, 0.3) is 0 Å². The molecule has 2 heterocycles. The van der Waals surface area contributed by atoms with Gasteiger partial charge in [0.15, 0.2) is 0 Å². The van der Waals surface area contributed by atoms with Crippen molar-refractivity contribution in [3.63, 3.8) is 0 Å². The Morgan fingerprint density at radius 1 is 1.46 bits per heavy atom. The first-order valence-electron chi connectivity index (χ1n) is 7.67. The topological polar surface area (TPSA) is 45.2 Å². The van der Waals surface area contributed by atoms with Crippen LogP contribution in [0.1, 0.15) is 25.3 Å². The van der Waals surface area contributed by atoms with Crippen molar-refractivity contribution in [3.05, 3.63) is 22.8 Å². The number of carbonyl (C=O) groups excluding carboxylic acids is 1. The number of hydrogen-bond acceptors (Lipinski definition) is 4. The molecule has 1 aromatic heterocycles. The van der Waals surface area contributed by atoms with E-state index in [1.54, 1.807) is 0 Å². The number of nitrogens with zero attached hydrogens (tertiary/aromatic N) is 2. The highest BCUT2D eigenvalue weighted by Gasteiger charge is 2.31. The van der Waals surface area contributed by atoms with E-state index in [1.807, 2.05) is 0 Å². The standard InChI is InChI=1S/C15H19ClF3N3OS/c1-2-22-5-3-11(4-6-22)21-13(23)9-24-14-12(16)7-10(8-20-14)15(17,18)19/h7-8,11H,2-6,9H2,1H3,(H,21,23). The van der Waals surface area contributed by atoms with Crippen molar-refractivity contribution in [2.45, 2.75) is 37.0 Å². The highest BCUT2D eigenvalue weighted by Crippen LogP contribution is 2.33. The van der Waals surface area contributed by atoms with E-state index in [9.17, 15) is 18.0 Å². The monoisotopic (exact) mass is 381 g/mol. The highest BCUT2D eigenvalue weighted by atomic mass is 35.5. The highest BCUT2D eigenvalue weighted by molar-refractivity contribution is 8.00. The van der Waals surface area contributed by atoms with Gasteiger partial charge < -0.3 is 10.2 Å². The van der Waals surface area contributed by atoms with E-state index < -0.39 is 11.7 Å². The minimum Gasteiger partial charge on any atom is -0.353 e. The number of alkyl halides is 3. The van der Waals surface area contributed by atoms with E-state index in [2.05, 4.69) is 22.1 Å². The average molecular weight is 382 g/mol. The molecule has 0 aliphatic carbocycles. The Hall–Kier alpha value is -0.990. The van der Waals surface area contributed by atoms with Gasteiger partial charge in [0.2, 0.25) is 5.91 Å². The van der Waals surface area contributed by atoms with E-state index in [0.29, 0.717) is 0 Å². The smallest absolute Gasteiger partial charge is 0.353 e.